The first-order chi connectivity index (χ1) is 8.16. The Morgan fingerprint density at radius 2 is 2.24 bits per heavy atom. The van der Waals surface area contributed by atoms with Crippen LogP contribution in [0.2, 0.25) is 5.02 Å². The van der Waals surface area contributed by atoms with Crippen LogP contribution in [0, 0.1) is 0 Å². The molecule has 90 valence electrons. The van der Waals surface area contributed by atoms with Crippen LogP contribution in [0.3, 0.4) is 0 Å². The van der Waals surface area contributed by atoms with E-state index in [1.807, 2.05) is 24.3 Å². The fraction of sp³-hybridized carbons (Fsp3) is 0.364. The van der Waals surface area contributed by atoms with E-state index in [4.69, 9.17) is 11.6 Å². The second-order valence-corrected chi connectivity index (χ2v) is 4.46. The summed E-state index contributed by atoms with van der Waals surface area (Å²) in [4.78, 5) is 0. The number of tetrazole rings is 1. The quantitative estimate of drug-likeness (QED) is 0.901. The highest BCUT2D eigenvalue weighted by atomic mass is 35.5. The smallest absolute Gasteiger partial charge is 0.170 e. The summed E-state index contributed by atoms with van der Waals surface area (Å²) in [7, 11) is 0. The normalized spacial score (nSPS) is 11.1. The first-order valence-electron chi connectivity index (χ1n) is 5.43. The fourth-order valence-electron chi connectivity index (χ4n) is 1.42. The van der Waals surface area contributed by atoms with Gasteiger partial charge in [-0.25, -0.2) is 0 Å². The summed E-state index contributed by atoms with van der Waals surface area (Å²) >= 11 is 5.94. The van der Waals surface area contributed by atoms with Gasteiger partial charge in [0.25, 0.3) is 0 Å². The first-order valence-corrected chi connectivity index (χ1v) is 5.81. The van der Waals surface area contributed by atoms with Crippen molar-refractivity contribution in [3.63, 3.8) is 0 Å². The molecule has 0 saturated carbocycles. The highest BCUT2D eigenvalue weighted by molar-refractivity contribution is 6.30. The van der Waals surface area contributed by atoms with Gasteiger partial charge in [-0.1, -0.05) is 31.5 Å². The maximum atomic E-state index is 5.94. The van der Waals surface area contributed by atoms with Crippen molar-refractivity contribution in [3.8, 4) is 5.69 Å². The van der Waals surface area contributed by atoms with E-state index >= 15 is 0 Å². The molecule has 5 nitrogen and oxygen atoms in total. The van der Waals surface area contributed by atoms with E-state index in [2.05, 4.69) is 34.7 Å². The Labute approximate surface area is 105 Å². The summed E-state index contributed by atoms with van der Waals surface area (Å²) in [6.45, 7) is 4.78. The zero-order chi connectivity index (χ0) is 12.3. The Morgan fingerprint density at radius 3 is 2.94 bits per heavy atom. The summed E-state index contributed by atoms with van der Waals surface area (Å²) in [5, 5.41) is 15.6. The number of nitrogens with zero attached hydrogens (tertiary/aromatic N) is 4. The molecule has 2 aromatic rings. The predicted molar refractivity (Wildman–Crippen MR) is 66.1 cm³/mol. The fourth-order valence-corrected chi connectivity index (χ4v) is 1.60. The van der Waals surface area contributed by atoms with Crippen LogP contribution >= 0.6 is 11.6 Å². The number of hydrogen-bond donors (Lipinski definition) is 1. The van der Waals surface area contributed by atoms with Gasteiger partial charge in [-0.15, -0.1) is 5.10 Å². The van der Waals surface area contributed by atoms with Gasteiger partial charge in [-0.2, -0.15) is 4.68 Å². The van der Waals surface area contributed by atoms with Crippen molar-refractivity contribution in [1.82, 2.24) is 25.5 Å². The lowest BCUT2D eigenvalue weighted by Gasteiger charge is -2.08. The number of benzene rings is 1. The molecule has 0 aliphatic rings. The lowest BCUT2D eigenvalue weighted by molar-refractivity contribution is 0.563. The maximum Gasteiger partial charge on any atom is 0.170 e. The molecule has 6 heteroatoms. The first kappa shape index (κ1) is 12.0. The van der Waals surface area contributed by atoms with Crippen molar-refractivity contribution in [2.24, 2.45) is 0 Å². The minimum absolute atomic E-state index is 0.388. The van der Waals surface area contributed by atoms with Crippen molar-refractivity contribution in [2.75, 3.05) is 0 Å². The van der Waals surface area contributed by atoms with Gasteiger partial charge in [0, 0.05) is 11.1 Å². The third-order valence-electron chi connectivity index (χ3n) is 2.26. The number of hydrogen-bond acceptors (Lipinski definition) is 4. The van der Waals surface area contributed by atoms with Crippen molar-refractivity contribution in [3.05, 3.63) is 35.1 Å². The zero-order valence-electron chi connectivity index (χ0n) is 9.76. The second kappa shape index (κ2) is 5.25. The molecule has 0 radical (unpaired) electrons. The average molecular weight is 252 g/mol. The molecular weight excluding hydrogens is 238 g/mol. The van der Waals surface area contributed by atoms with Crippen LogP contribution in [-0.4, -0.2) is 26.2 Å². The van der Waals surface area contributed by atoms with E-state index in [-0.39, 0.29) is 0 Å². The van der Waals surface area contributed by atoms with Crippen LogP contribution < -0.4 is 5.32 Å². The van der Waals surface area contributed by atoms with Gasteiger partial charge < -0.3 is 5.32 Å². The minimum Gasteiger partial charge on any atom is -0.308 e. The van der Waals surface area contributed by atoms with Gasteiger partial charge in [-0.3, -0.25) is 0 Å². The molecule has 17 heavy (non-hydrogen) atoms. The molecule has 2 rings (SSSR count). The lowest BCUT2D eigenvalue weighted by Crippen LogP contribution is -2.24. The largest absolute Gasteiger partial charge is 0.308 e. The third-order valence-corrected chi connectivity index (χ3v) is 2.49. The van der Waals surface area contributed by atoms with E-state index in [1.54, 1.807) is 4.68 Å². The van der Waals surface area contributed by atoms with Crippen LogP contribution in [-0.2, 0) is 6.54 Å². The molecular formula is C11H14ClN5. The van der Waals surface area contributed by atoms with Crippen molar-refractivity contribution in [2.45, 2.75) is 26.4 Å². The average Bonchev–Trinajstić information content (AvgIpc) is 2.74. The maximum absolute atomic E-state index is 5.94. The summed E-state index contributed by atoms with van der Waals surface area (Å²) < 4.78 is 1.68. The van der Waals surface area contributed by atoms with Crippen LogP contribution in [0.5, 0.6) is 0 Å². The predicted octanol–water partition coefficient (Wildman–Crippen LogP) is 1.81. The SMILES string of the molecule is CC(C)NCc1nnnn1-c1cccc(Cl)c1. The van der Waals surface area contributed by atoms with E-state index in [9.17, 15) is 0 Å². The number of rotatable bonds is 4. The number of halogens is 1. The highest BCUT2D eigenvalue weighted by Crippen LogP contribution is 2.14. The highest BCUT2D eigenvalue weighted by Gasteiger charge is 2.08. The Bertz CT molecular complexity index is 494. The molecule has 0 atom stereocenters. The van der Waals surface area contributed by atoms with E-state index < -0.39 is 0 Å². The Kier molecular flexibility index (Phi) is 3.71. The number of nitrogens with one attached hydrogen (secondary N) is 1. The summed E-state index contributed by atoms with van der Waals surface area (Å²) in [5.41, 5.74) is 0.864. The molecule has 0 aliphatic carbocycles. The molecule has 1 aromatic heterocycles. The Morgan fingerprint density at radius 1 is 1.41 bits per heavy atom. The van der Waals surface area contributed by atoms with Gasteiger partial charge in [0.1, 0.15) is 0 Å². The minimum atomic E-state index is 0.388. The van der Waals surface area contributed by atoms with Gasteiger partial charge in [-0.05, 0) is 28.6 Å². The van der Waals surface area contributed by atoms with Crippen LogP contribution in [0.4, 0.5) is 0 Å². The molecule has 0 fully saturated rings. The molecule has 0 amide bonds. The Hall–Kier alpha value is -1.46. The van der Waals surface area contributed by atoms with Gasteiger partial charge in [0.2, 0.25) is 0 Å². The van der Waals surface area contributed by atoms with Gasteiger partial charge in [0.05, 0.1) is 12.2 Å². The summed E-state index contributed by atoms with van der Waals surface area (Å²) in [6, 6.07) is 7.83. The van der Waals surface area contributed by atoms with Crippen molar-refractivity contribution >= 4 is 11.6 Å². The van der Waals surface area contributed by atoms with Crippen LogP contribution in [0.1, 0.15) is 19.7 Å². The molecule has 0 saturated heterocycles. The molecule has 0 aliphatic heterocycles. The van der Waals surface area contributed by atoms with E-state index in [0.29, 0.717) is 17.6 Å². The lowest BCUT2D eigenvalue weighted by atomic mass is 10.3. The molecule has 1 heterocycles. The van der Waals surface area contributed by atoms with Gasteiger partial charge >= 0.3 is 0 Å². The topological polar surface area (TPSA) is 55.6 Å². The Balaban J connectivity index is 2.24. The monoisotopic (exact) mass is 251 g/mol. The zero-order valence-corrected chi connectivity index (χ0v) is 10.5. The summed E-state index contributed by atoms with van der Waals surface area (Å²) in [5.74, 6) is 0.765. The van der Waals surface area contributed by atoms with E-state index in [1.165, 1.54) is 0 Å². The molecule has 0 unspecified atom stereocenters. The van der Waals surface area contributed by atoms with Crippen molar-refractivity contribution in [1.29, 1.82) is 0 Å². The third kappa shape index (κ3) is 3.01. The van der Waals surface area contributed by atoms with Gasteiger partial charge in [0.15, 0.2) is 5.82 Å². The van der Waals surface area contributed by atoms with E-state index in [0.717, 1.165) is 11.5 Å². The number of aromatic nitrogens is 4. The molecule has 1 N–H and O–H groups in total. The van der Waals surface area contributed by atoms with Crippen molar-refractivity contribution < 1.29 is 0 Å². The molecule has 1 aromatic carbocycles. The standard InChI is InChI=1S/C11H14ClN5/c1-8(2)13-7-11-14-15-16-17(11)10-5-3-4-9(12)6-10/h3-6,8,13H,7H2,1-2H3. The summed E-state index contributed by atoms with van der Waals surface area (Å²) in [6.07, 6.45) is 0. The van der Waals surface area contributed by atoms with Crippen LogP contribution in [0.25, 0.3) is 5.69 Å². The second-order valence-electron chi connectivity index (χ2n) is 4.02. The van der Waals surface area contributed by atoms with Crippen LogP contribution in [0.15, 0.2) is 24.3 Å². The molecule has 0 bridgehead atoms. The molecule has 0 spiro atoms.